The van der Waals surface area contributed by atoms with E-state index in [1.54, 1.807) is 63.2 Å². The van der Waals surface area contributed by atoms with Gasteiger partial charge < -0.3 is 14.7 Å². The Morgan fingerprint density at radius 1 is 1.00 bits per heavy atom. The molecule has 0 unspecified atom stereocenters. The molecule has 2 atom stereocenters. The van der Waals surface area contributed by atoms with Crippen LogP contribution in [0.2, 0.25) is 0 Å². The number of nitrogens with zero attached hydrogens (tertiary/aromatic N) is 5. The monoisotopic (exact) mass is 649 g/mol. The number of alkyl halides is 4. The first kappa shape index (κ1) is 31.9. The molecule has 0 radical (unpaired) electrons. The molecular formula is C34H31F4N5O4. The number of carboxylic acid groups (broad SMARTS) is 1. The van der Waals surface area contributed by atoms with Crippen molar-refractivity contribution in [3.05, 3.63) is 94.1 Å². The molecule has 2 aliphatic rings. The van der Waals surface area contributed by atoms with E-state index in [9.17, 15) is 32.3 Å². The minimum Gasteiger partial charge on any atom is -0.478 e. The van der Waals surface area contributed by atoms with E-state index in [4.69, 9.17) is 9.72 Å². The highest BCUT2D eigenvalue weighted by Crippen LogP contribution is 2.39. The number of ether oxygens (including phenoxy) is 1. The third-order valence-electron chi connectivity index (χ3n) is 8.60. The highest BCUT2D eigenvalue weighted by Gasteiger charge is 2.42. The highest BCUT2D eigenvalue weighted by molar-refractivity contribution is 5.89. The Kier molecular flexibility index (Phi) is 8.10. The average molecular weight is 650 g/mol. The summed E-state index contributed by atoms with van der Waals surface area (Å²) in [5.41, 5.74) is 4.43. The van der Waals surface area contributed by atoms with Gasteiger partial charge in [0.1, 0.15) is 12.3 Å². The Labute approximate surface area is 267 Å². The van der Waals surface area contributed by atoms with Crippen LogP contribution in [0.15, 0.2) is 54.9 Å². The Morgan fingerprint density at radius 3 is 2.40 bits per heavy atom. The molecule has 2 aromatic heterocycles. The number of cyclic esters (lactones) is 1. The van der Waals surface area contributed by atoms with Crippen LogP contribution in [0.5, 0.6) is 0 Å². The number of rotatable bonds is 7. The number of anilines is 1. The van der Waals surface area contributed by atoms with E-state index >= 15 is 0 Å². The number of carboxylic acids is 1. The number of pyridine rings is 1. The fourth-order valence-electron chi connectivity index (χ4n) is 6.03. The maximum atomic E-state index is 13.7. The van der Waals surface area contributed by atoms with Gasteiger partial charge >= 0.3 is 18.2 Å². The number of aromatic nitrogens is 3. The van der Waals surface area contributed by atoms with Gasteiger partial charge in [-0.3, -0.25) is 9.88 Å². The maximum absolute atomic E-state index is 13.7. The number of hydrogen-bond acceptors (Lipinski definition) is 7. The Balaban J connectivity index is 1.38. The van der Waals surface area contributed by atoms with Crippen LogP contribution in [0.3, 0.4) is 0 Å². The zero-order chi connectivity index (χ0) is 33.8. The second-order valence-electron chi connectivity index (χ2n) is 12.0. The first-order chi connectivity index (χ1) is 22.2. The van der Waals surface area contributed by atoms with Crippen molar-refractivity contribution in [3.63, 3.8) is 0 Å². The number of carbonyl (C=O) groups is 2. The first-order valence-electron chi connectivity index (χ1n) is 14.9. The van der Waals surface area contributed by atoms with Crippen molar-refractivity contribution in [2.75, 3.05) is 18.0 Å². The summed E-state index contributed by atoms with van der Waals surface area (Å²) in [5, 5.41) is 9.39. The van der Waals surface area contributed by atoms with Crippen LogP contribution >= 0.6 is 0 Å². The van der Waals surface area contributed by atoms with Gasteiger partial charge in [-0.2, -0.15) is 13.2 Å². The normalized spacial score (nSPS) is 18.3. The zero-order valence-corrected chi connectivity index (χ0v) is 26.0. The minimum absolute atomic E-state index is 0.0673. The fourth-order valence-corrected chi connectivity index (χ4v) is 6.03. The summed E-state index contributed by atoms with van der Waals surface area (Å²) < 4.78 is 60.2. The van der Waals surface area contributed by atoms with Crippen LogP contribution in [0.25, 0.3) is 22.3 Å². The van der Waals surface area contributed by atoms with E-state index < -0.39 is 42.1 Å². The summed E-state index contributed by atoms with van der Waals surface area (Å²) >= 11 is 0. The van der Waals surface area contributed by atoms with E-state index in [2.05, 4.69) is 9.97 Å². The molecule has 2 aromatic carbocycles. The van der Waals surface area contributed by atoms with Crippen LogP contribution in [0, 0.1) is 20.8 Å². The maximum Gasteiger partial charge on any atom is 0.416 e. The number of amides is 1. The predicted octanol–water partition coefficient (Wildman–Crippen LogP) is 7.09. The van der Waals surface area contributed by atoms with Gasteiger partial charge in [-0.25, -0.2) is 23.9 Å². The van der Waals surface area contributed by atoms with E-state index in [1.807, 2.05) is 6.07 Å². The van der Waals surface area contributed by atoms with Gasteiger partial charge in [0.05, 0.1) is 42.5 Å². The smallest absolute Gasteiger partial charge is 0.416 e. The summed E-state index contributed by atoms with van der Waals surface area (Å²) in [6.45, 7) is 7.04. The number of halogens is 4. The number of hydrogen-bond donors (Lipinski definition) is 1. The molecule has 0 bridgehead atoms. The van der Waals surface area contributed by atoms with Crippen LogP contribution in [-0.2, 0) is 17.5 Å². The molecule has 13 heteroatoms. The molecule has 0 aliphatic carbocycles. The van der Waals surface area contributed by atoms with Crippen molar-refractivity contribution >= 4 is 18.0 Å². The molecule has 9 nitrogen and oxygen atoms in total. The molecule has 244 valence electrons. The molecule has 0 spiro atoms. The van der Waals surface area contributed by atoms with Gasteiger partial charge in [0, 0.05) is 34.8 Å². The fraction of sp³-hybridized carbons (Fsp3) is 0.324. The van der Waals surface area contributed by atoms with Gasteiger partial charge in [-0.05, 0) is 74.7 Å². The molecule has 2 fully saturated rings. The van der Waals surface area contributed by atoms with Gasteiger partial charge in [0.25, 0.3) is 0 Å². The molecule has 0 saturated carbocycles. The minimum atomic E-state index is -4.56. The van der Waals surface area contributed by atoms with E-state index in [0.29, 0.717) is 33.6 Å². The summed E-state index contributed by atoms with van der Waals surface area (Å²) in [5.74, 6) is -0.754. The standard InChI is InChI=1S/C34H31F4N5O4/c1-17-7-22(10-24(8-17)34(36,37)38)30-20(4)43(33(46)47-30)16-29-28(13-40-32(41-29)42-14-25(35)15-42)27-11-23(12-39-19(27)3)26-6-5-21(31(44)45)9-18(26)2/h5-13,20,25,30H,14-16H2,1-4H3,(H,44,45)/t20-,30-/m0/s1. The summed E-state index contributed by atoms with van der Waals surface area (Å²) in [7, 11) is 0. The van der Waals surface area contributed by atoms with Crippen molar-refractivity contribution in [1.29, 1.82) is 0 Å². The van der Waals surface area contributed by atoms with E-state index in [0.717, 1.165) is 23.3 Å². The van der Waals surface area contributed by atoms with Crippen molar-refractivity contribution in [2.24, 2.45) is 0 Å². The van der Waals surface area contributed by atoms with Gasteiger partial charge in [0.2, 0.25) is 5.95 Å². The third-order valence-corrected chi connectivity index (χ3v) is 8.60. The van der Waals surface area contributed by atoms with E-state index in [1.165, 1.54) is 11.0 Å². The number of benzene rings is 2. The molecule has 2 aliphatic heterocycles. The lowest BCUT2D eigenvalue weighted by Gasteiger charge is -2.34. The average Bonchev–Trinajstić information content (AvgIpc) is 3.27. The van der Waals surface area contributed by atoms with Crippen LogP contribution in [0.1, 0.15) is 57.0 Å². The van der Waals surface area contributed by atoms with Crippen molar-refractivity contribution < 1.29 is 37.0 Å². The molecular weight excluding hydrogens is 618 g/mol. The van der Waals surface area contributed by atoms with Gasteiger partial charge in [-0.1, -0.05) is 17.7 Å². The topological polar surface area (TPSA) is 109 Å². The summed E-state index contributed by atoms with van der Waals surface area (Å²) in [4.78, 5) is 41.6. The highest BCUT2D eigenvalue weighted by atomic mass is 19.4. The Morgan fingerprint density at radius 2 is 1.74 bits per heavy atom. The van der Waals surface area contributed by atoms with Crippen LogP contribution in [-0.4, -0.2) is 62.3 Å². The molecule has 1 amide bonds. The van der Waals surface area contributed by atoms with Gasteiger partial charge in [0.15, 0.2) is 0 Å². The second kappa shape index (κ2) is 11.9. The quantitative estimate of drug-likeness (QED) is 0.212. The molecule has 6 rings (SSSR count). The predicted molar refractivity (Wildman–Crippen MR) is 165 cm³/mol. The molecule has 4 heterocycles. The number of aryl methyl sites for hydroxylation is 3. The second-order valence-corrected chi connectivity index (χ2v) is 12.0. The van der Waals surface area contributed by atoms with Crippen LogP contribution < -0.4 is 4.90 Å². The SMILES string of the molecule is Cc1cc([C@H]2OC(=O)N(Cc3nc(N4CC(F)C4)ncc3-c3cc(-c4ccc(C(=O)O)cc4C)cnc3C)[C@H]2C)cc(C(F)(F)F)c1. The van der Waals surface area contributed by atoms with Crippen molar-refractivity contribution in [1.82, 2.24) is 19.9 Å². The van der Waals surface area contributed by atoms with Crippen molar-refractivity contribution in [2.45, 2.75) is 58.7 Å². The number of carbonyl (C=O) groups excluding carboxylic acids is 1. The van der Waals surface area contributed by atoms with Crippen molar-refractivity contribution in [3.8, 4) is 22.3 Å². The number of aromatic carboxylic acids is 1. The molecule has 2 saturated heterocycles. The van der Waals surface area contributed by atoms with Crippen LogP contribution in [0.4, 0.5) is 28.3 Å². The first-order valence-corrected chi connectivity index (χ1v) is 14.9. The largest absolute Gasteiger partial charge is 0.478 e. The zero-order valence-electron chi connectivity index (χ0n) is 26.0. The molecule has 47 heavy (non-hydrogen) atoms. The van der Waals surface area contributed by atoms with Gasteiger partial charge in [-0.15, -0.1) is 0 Å². The Bertz CT molecular complexity index is 1890. The van der Waals surface area contributed by atoms with E-state index in [-0.39, 0.29) is 36.7 Å². The summed E-state index contributed by atoms with van der Waals surface area (Å²) in [6, 6.07) is 9.65. The molecule has 4 aromatic rings. The lowest BCUT2D eigenvalue weighted by molar-refractivity contribution is -0.137. The molecule has 1 N–H and O–H groups in total. The Hall–Kier alpha value is -5.07. The lowest BCUT2D eigenvalue weighted by atomic mass is 9.95. The lowest BCUT2D eigenvalue weighted by Crippen LogP contribution is -2.49. The summed E-state index contributed by atoms with van der Waals surface area (Å²) in [6.07, 6.45) is -3.97. The third kappa shape index (κ3) is 6.21.